The number of hydrogen-bond acceptors (Lipinski definition) is 6. The van der Waals surface area contributed by atoms with Crippen LogP contribution in [0, 0.1) is 13.8 Å². The highest BCUT2D eigenvalue weighted by Gasteiger charge is 2.19. The summed E-state index contributed by atoms with van der Waals surface area (Å²) in [6, 6.07) is 12.6. The monoisotopic (exact) mass is 441 g/mol. The summed E-state index contributed by atoms with van der Waals surface area (Å²) in [7, 11) is 0. The van der Waals surface area contributed by atoms with Gasteiger partial charge in [-0.25, -0.2) is 0 Å². The SMILES string of the molecule is Cc1noc(C)c1COc1cccc(C(=O)Nc2cccc(Cl)c2N2CCOCC2)c1. The van der Waals surface area contributed by atoms with Crippen LogP contribution in [0.5, 0.6) is 5.75 Å². The lowest BCUT2D eigenvalue weighted by molar-refractivity contribution is 0.102. The molecule has 0 radical (unpaired) electrons. The number of para-hydroxylation sites is 1. The van der Waals surface area contributed by atoms with Gasteiger partial charge in [0.05, 0.1) is 40.9 Å². The summed E-state index contributed by atoms with van der Waals surface area (Å²) < 4.78 is 16.5. The Hall–Kier alpha value is -3.03. The molecule has 0 atom stereocenters. The first kappa shape index (κ1) is 21.2. The van der Waals surface area contributed by atoms with E-state index in [9.17, 15) is 4.79 Å². The van der Waals surface area contributed by atoms with E-state index in [1.807, 2.05) is 38.1 Å². The number of halogens is 1. The Morgan fingerprint density at radius 1 is 1.19 bits per heavy atom. The Morgan fingerprint density at radius 3 is 2.71 bits per heavy atom. The van der Waals surface area contributed by atoms with Crippen molar-refractivity contribution >= 4 is 28.9 Å². The van der Waals surface area contributed by atoms with Crippen LogP contribution >= 0.6 is 11.6 Å². The Balaban J connectivity index is 1.49. The second-order valence-electron chi connectivity index (χ2n) is 7.31. The lowest BCUT2D eigenvalue weighted by Crippen LogP contribution is -2.37. The fourth-order valence-electron chi connectivity index (χ4n) is 3.51. The highest BCUT2D eigenvalue weighted by molar-refractivity contribution is 6.34. The number of carbonyl (C=O) groups excluding carboxylic acids is 1. The minimum atomic E-state index is -0.237. The van der Waals surface area contributed by atoms with Crippen LogP contribution in [-0.2, 0) is 11.3 Å². The fourth-order valence-corrected chi connectivity index (χ4v) is 3.80. The minimum Gasteiger partial charge on any atom is -0.489 e. The largest absolute Gasteiger partial charge is 0.489 e. The van der Waals surface area contributed by atoms with E-state index in [-0.39, 0.29) is 5.91 Å². The van der Waals surface area contributed by atoms with Crippen LogP contribution in [-0.4, -0.2) is 37.4 Å². The van der Waals surface area contributed by atoms with E-state index in [0.29, 0.717) is 41.8 Å². The summed E-state index contributed by atoms with van der Waals surface area (Å²) in [5, 5.41) is 7.52. The van der Waals surface area contributed by atoms with Gasteiger partial charge in [0.25, 0.3) is 5.91 Å². The molecule has 1 aliphatic heterocycles. The second kappa shape index (κ2) is 9.41. The summed E-state index contributed by atoms with van der Waals surface area (Å²) in [5.41, 5.74) is 3.67. The molecule has 2 heterocycles. The van der Waals surface area contributed by atoms with Crippen molar-refractivity contribution < 1.29 is 18.8 Å². The number of ether oxygens (including phenoxy) is 2. The maximum atomic E-state index is 13.0. The standard InChI is InChI=1S/C23H24ClN3O4/c1-15-19(16(2)31-26-15)14-30-18-6-3-5-17(13-18)23(28)25-21-8-4-7-20(24)22(21)27-9-11-29-12-10-27/h3-8,13H,9-12,14H2,1-2H3,(H,25,28). The normalized spacial score (nSPS) is 13.8. The van der Waals surface area contributed by atoms with E-state index in [2.05, 4.69) is 15.4 Å². The Kier molecular flexibility index (Phi) is 6.44. The van der Waals surface area contributed by atoms with Gasteiger partial charge in [0.1, 0.15) is 18.1 Å². The van der Waals surface area contributed by atoms with Crippen molar-refractivity contribution in [3.05, 3.63) is 70.1 Å². The fraction of sp³-hybridized carbons (Fsp3) is 0.304. The second-order valence-corrected chi connectivity index (χ2v) is 7.72. The molecular weight excluding hydrogens is 418 g/mol. The van der Waals surface area contributed by atoms with E-state index in [4.69, 9.17) is 25.6 Å². The average Bonchev–Trinajstić information content (AvgIpc) is 3.10. The molecule has 1 fully saturated rings. The summed E-state index contributed by atoms with van der Waals surface area (Å²) >= 11 is 6.47. The molecule has 2 aromatic carbocycles. The lowest BCUT2D eigenvalue weighted by Gasteiger charge is -2.31. The van der Waals surface area contributed by atoms with Crippen molar-refractivity contribution in [2.24, 2.45) is 0 Å². The van der Waals surface area contributed by atoms with E-state index < -0.39 is 0 Å². The number of amides is 1. The highest BCUT2D eigenvalue weighted by atomic mass is 35.5. The van der Waals surface area contributed by atoms with Crippen LogP contribution in [0.4, 0.5) is 11.4 Å². The molecule has 4 rings (SSSR count). The number of nitrogens with one attached hydrogen (secondary N) is 1. The van der Waals surface area contributed by atoms with Crippen molar-refractivity contribution in [3.63, 3.8) is 0 Å². The predicted octanol–water partition coefficient (Wildman–Crippen LogP) is 4.61. The Morgan fingerprint density at radius 2 is 1.97 bits per heavy atom. The number of morpholine rings is 1. The number of benzene rings is 2. The number of rotatable bonds is 6. The van der Waals surface area contributed by atoms with Crippen molar-refractivity contribution in [3.8, 4) is 5.75 Å². The van der Waals surface area contributed by atoms with Crippen LogP contribution in [0.25, 0.3) is 0 Å². The zero-order chi connectivity index (χ0) is 21.8. The molecular formula is C23H24ClN3O4. The van der Waals surface area contributed by atoms with Gasteiger partial charge in [-0.3, -0.25) is 4.79 Å². The molecule has 0 bridgehead atoms. The number of aryl methyl sites for hydroxylation is 2. The molecule has 1 saturated heterocycles. The molecule has 0 aliphatic carbocycles. The van der Waals surface area contributed by atoms with Crippen LogP contribution < -0.4 is 15.0 Å². The van der Waals surface area contributed by atoms with Crippen molar-refractivity contribution in [2.75, 3.05) is 36.5 Å². The minimum absolute atomic E-state index is 0.237. The molecule has 1 N–H and O–H groups in total. The van der Waals surface area contributed by atoms with E-state index in [1.54, 1.807) is 18.2 Å². The molecule has 7 nitrogen and oxygen atoms in total. The first-order valence-electron chi connectivity index (χ1n) is 10.1. The summed E-state index contributed by atoms with van der Waals surface area (Å²) in [6.45, 7) is 6.74. The molecule has 1 amide bonds. The first-order valence-corrected chi connectivity index (χ1v) is 10.5. The molecule has 0 spiro atoms. The molecule has 3 aromatic rings. The predicted molar refractivity (Wildman–Crippen MR) is 119 cm³/mol. The van der Waals surface area contributed by atoms with Gasteiger partial charge in [-0.15, -0.1) is 0 Å². The number of carbonyl (C=O) groups is 1. The van der Waals surface area contributed by atoms with Gasteiger partial charge in [-0.05, 0) is 44.2 Å². The van der Waals surface area contributed by atoms with Crippen LogP contribution in [0.15, 0.2) is 47.0 Å². The van der Waals surface area contributed by atoms with Gasteiger partial charge in [-0.1, -0.05) is 28.9 Å². The third-order valence-corrected chi connectivity index (χ3v) is 5.53. The van der Waals surface area contributed by atoms with E-state index in [0.717, 1.165) is 35.8 Å². The third-order valence-electron chi connectivity index (χ3n) is 5.22. The quantitative estimate of drug-likeness (QED) is 0.601. The van der Waals surface area contributed by atoms with Crippen LogP contribution in [0.2, 0.25) is 5.02 Å². The topological polar surface area (TPSA) is 76.8 Å². The van der Waals surface area contributed by atoms with Crippen molar-refractivity contribution in [1.29, 1.82) is 0 Å². The van der Waals surface area contributed by atoms with Crippen molar-refractivity contribution in [2.45, 2.75) is 20.5 Å². The summed E-state index contributed by atoms with van der Waals surface area (Å²) in [4.78, 5) is 15.1. The number of hydrogen-bond donors (Lipinski definition) is 1. The smallest absolute Gasteiger partial charge is 0.255 e. The number of nitrogens with zero attached hydrogens (tertiary/aromatic N) is 2. The number of aromatic nitrogens is 1. The lowest BCUT2D eigenvalue weighted by atomic mass is 10.1. The Bertz CT molecular complexity index is 1060. The van der Waals surface area contributed by atoms with Gasteiger partial charge < -0.3 is 24.2 Å². The zero-order valence-electron chi connectivity index (χ0n) is 17.5. The Labute approximate surface area is 185 Å². The maximum absolute atomic E-state index is 13.0. The summed E-state index contributed by atoms with van der Waals surface area (Å²) in [5.74, 6) is 1.08. The molecule has 1 aromatic heterocycles. The summed E-state index contributed by atoms with van der Waals surface area (Å²) in [6.07, 6.45) is 0. The first-order chi connectivity index (χ1) is 15.0. The molecule has 8 heteroatoms. The van der Waals surface area contributed by atoms with Gasteiger partial charge >= 0.3 is 0 Å². The van der Waals surface area contributed by atoms with Crippen LogP contribution in [0.1, 0.15) is 27.4 Å². The molecule has 0 unspecified atom stereocenters. The van der Waals surface area contributed by atoms with Gasteiger partial charge in [0.15, 0.2) is 0 Å². The highest BCUT2D eigenvalue weighted by Crippen LogP contribution is 2.34. The van der Waals surface area contributed by atoms with E-state index >= 15 is 0 Å². The van der Waals surface area contributed by atoms with Gasteiger partial charge in [0.2, 0.25) is 0 Å². The average molecular weight is 442 g/mol. The van der Waals surface area contributed by atoms with Gasteiger partial charge in [0, 0.05) is 18.7 Å². The molecule has 31 heavy (non-hydrogen) atoms. The molecule has 1 aliphatic rings. The van der Waals surface area contributed by atoms with Crippen LogP contribution in [0.3, 0.4) is 0 Å². The number of anilines is 2. The van der Waals surface area contributed by atoms with E-state index in [1.165, 1.54) is 0 Å². The molecule has 162 valence electrons. The van der Waals surface area contributed by atoms with Gasteiger partial charge in [-0.2, -0.15) is 0 Å². The maximum Gasteiger partial charge on any atom is 0.255 e. The van der Waals surface area contributed by atoms with Crippen molar-refractivity contribution in [1.82, 2.24) is 5.16 Å². The molecule has 0 saturated carbocycles. The zero-order valence-corrected chi connectivity index (χ0v) is 18.2. The third kappa shape index (κ3) is 4.84.